The van der Waals surface area contributed by atoms with Crippen LogP contribution < -0.4 is 5.32 Å². The van der Waals surface area contributed by atoms with E-state index in [0.29, 0.717) is 0 Å². The average molecular weight is 187 g/mol. The third-order valence-corrected chi connectivity index (χ3v) is 3.04. The number of hydrogen-bond donors (Lipinski definition) is 1. The molecule has 0 aliphatic heterocycles. The van der Waals surface area contributed by atoms with Gasteiger partial charge < -0.3 is 5.32 Å². The van der Waals surface area contributed by atoms with E-state index in [1.54, 1.807) is 11.1 Å². The molecular weight excluding hydrogens is 170 g/mol. The first-order valence-electron chi connectivity index (χ1n) is 5.36. The summed E-state index contributed by atoms with van der Waals surface area (Å²) in [6.07, 6.45) is 8.66. The van der Waals surface area contributed by atoms with Crippen molar-refractivity contribution >= 4 is 0 Å². The Hall–Kier alpha value is -1.20. The molecule has 0 saturated carbocycles. The molecule has 0 saturated heterocycles. The zero-order valence-electron chi connectivity index (χ0n) is 8.82. The van der Waals surface area contributed by atoms with Gasteiger partial charge in [-0.05, 0) is 44.6 Å². The molecule has 74 valence electrons. The Morgan fingerprint density at radius 2 is 2.29 bits per heavy atom. The van der Waals surface area contributed by atoms with Crippen LogP contribution in [0.3, 0.4) is 0 Å². The number of hydrogen-bond acceptors (Lipinski definition) is 1. The highest BCUT2D eigenvalue weighted by Crippen LogP contribution is 2.36. The van der Waals surface area contributed by atoms with E-state index in [-0.39, 0.29) is 0 Å². The predicted octanol–water partition coefficient (Wildman–Crippen LogP) is 3.42. The summed E-state index contributed by atoms with van der Waals surface area (Å²) in [5.74, 6) is 0. The van der Waals surface area contributed by atoms with Gasteiger partial charge in [-0.25, -0.2) is 0 Å². The number of nitrogens with one attached hydrogen (secondary N) is 1. The van der Waals surface area contributed by atoms with E-state index in [1.165, 1.54) is 37.8 Å². The van der Waals surface area contributed by atoms with E-state index in [9.17, 15) is 0 Å². The summed E-state index contributed by atoms with van der Waals surface area (Å²) in [5.41, 5.74) is 8.46. The molecule has 0 bridgehead atoms. The zero-order chi connectivity index (χ0) is 9.97. The lowest BCUT2D eigenvalue weighted by molar-refractivity contribution is 0.851. The second kappa shape index (κ2) is 3.89. The maximum atomic E-state index is 3.64. The van der Waals surface area contributed by atoms with Crippen molar-refractivity contribution in [1.82, 2.24) is 5.32 Å². The van der Waals surface area contributed by atoms with Gasteiger partial charge in [-0.15, -0.1) is 5.73 Å². The minimum absolute atomic E-state index is 1.02. The molecule has 0 aromatic heterocycles. The highest BCUT2D eigenvalue weighted by Gasteiger charge is 2.20. The Morgan fingerprint density at radius 3 is 3.07 bits per heavy atom. The van der Waals surface area contributed by atoms with Crippen molar-refractivity contribution in [3.8, 4) is 0 Å². The van der Waals surface area contributed by atoms with Crippen LogP contribution in [0.5, 0.6) is 0 Å². The molecule has 1 N–H and O–H groups in total. The van der Waals surface area contributed by atoms with Gasteiger partial charge in [0.2, 0.25) is 0 Å². The summed E-state index contributed by atoms with van der Waals surface area (Å²) in [6.45, 7) is 5.66. The van der Waals surface area contributed by atoms with Crippen molar-refractivity contribution in [2.45, 2.75) is 39.0 Å². The highest BCUT2D eigenvalue weighted by atomic mass is 14.9. The first-order chi connectivity index (χ1) is 6.81. The molecule has 0 aromatic carbocycles. The van der Waals surface area contributed by atoms with Crippen molar-refractivity contribution in [3.05, 3.63) is 40.9 Å². The van der Waals surface area contributed by atoms with Gasteiger partial charge in [0.15, 0.2) is 0 Å². The molecule has 0 radical (unpaired) electrons. The van der Waals surface area contributed by atoms with Crippen LogP contribution >= 0.6 is 0 Å². The standard InChI is InChI=1S/C13H17N/c1-3-10(2)14-13-9-5-7-11-6-4-8-12(11)13/h9,14H,1,4-8H2,2H3. The summed E-state index contributed by atoms with van der Waals surface area (Å²) in [6, 6.07) is 0. The predicted molar refractivity (Wildman–Crippen MR) is 59.7 cm³/mol. The van der Waals surface area contributed by atoms with Gasteiger partial charge >= 0.3 is 0 Å². The molecule has 0 spiro atoms. The molecule has 1 heteroatoms. The van der Waals surface area contributed by atoms with E-state index in [1.807, 2.05) is 6.92 Å². The minimum atomic E-state index is 1.02. The number of allylic oxidation sites excluding steroid dienone is 4. The van der Waals surface area contributed by atoms with Crippen LogP contribution in [-0.2, 0) is 0 Å². The van der Waals surface area contributed by atoms with Crippen LogP contribution in [0.1, 0.15) is 39.0 Å². The molecule has 0 atom stereocenters. The molecule has 2 aliphatic carbocycles. The van der Waals surface area contributed by atoms with Crippen molar-refractivity contribution in [2.24, 2.45) is 0 Å². The maximum absolute atomic E-state index is 3.64. The molecule has 0 unspecified atom stereocenters. The van der Waals surface area contributed by atoms with E-state index in [4.69, 9.17) is 0 Å². The third kappa shape index (κ3) is 1.69. The fourth-order valence-corrected chi connectivity index (χ4v) is 2.29. The van der Waals surface area contributed by atoms with Gasteiger partial charge in [-0.3, -0.25) is 0 Å². The summed E-state index contributed by atoms with van der Waals surface area (Å²) < 4.78 is 0. The van der Waals surface area contributed by atoms with Gasteiger partial charge in [0.1, 0.15) is 0 Å². The molecule has 1 nitrogen and oxygen atoms in total. The van der Waals surface area contributed by atoms with Crippen LogP contribution in [-0.4, -0.2) is 0 Å². The van der Waals surface area contributed by atoms with Crippen molar-refractivity contribution in [2.75, 3.05) is 0 Å². The SMILES string of the molecule is C=C=C(C)NC1=CCCC2=C1CCC2. The summed E-state index contributed by atoms with van der Waals surface area (Å²) in [5, 5.41) is 3.39. The molecule has 2 rings (SSSR count). The second-order valence-corrected chi connectivity index (χ2v) is 4.02. The number of rotatable bonds is 2. The summed E-state index contributed by atoms with van der Waals surface area (Å²) >= 11 is 0. The van der Waals surface area contributed by atoms with Crippen LogP contribution in [0.25, 0.3) is 0 Å². The van der Waals surface area contributed by atoms with Crippen LogP contribution in [0.2, 0.25) is 0 Å². The fraction of sp³-hybridized carbons (Fsp3) is 0.462. The third-order valence-electron chi connectivity index (χ3n) is 3.04. The topological polar surface area (TPSA) is 12.0 Å². The van der Waals surface area contributed by atoms with Gasteiger partial charge in [0.25, 0.3) is 0 Å². The lowest BCUT2D eigenvalue weighted by atomic mass is 9.97. The first-order valence-corrected chi connectivity index (χ1v) is 5.36. The normalized spacial score (nSPS) is 19.9. The summed E-state index contributed by atoms with van der Waals surface area (Å²) in [4.78, 5) is 0. The zero-order valence-corrected chi connectivity index (χ0v) is 8.82. The Kier molecular flexibility index (Phi) is 2.60. The molecule has 0 aromatic rings. The van der Waals surface area contributed by atoms with Gasteiger partial charge in [-0.1, -0.05) is 18.2 Å². The van der Waals surface area contributed by atoms with Crippen LogP contribution in [0.4, 0.5) is 0 Å². The first kappa shape index (κ1) is 9.36. The lowest BCUT2D eigenvalue weighted by Crippen LogP contribution is -2.14. The monoisotopic (exact) mass is 187 g/mol. The minimum Gasteiger partial charge on any atom is -0.353 e. The average Bonchev–Trinajstić information content (AvgIpc) is 2.66. The molecule has 14 heavy (non-hydrogen) atoms. The van der Waals surface area contributed by atoms with E-state index in [2.05, 4.69) is 23.7 Å². The molecule has 0 heterocycles. The Bertz CT molecular complexity index is 351. The quantitative estimate of drug-likeness (QED) is 0.653. The molecular formula is C13H17N. The Balaban J connectivity index is 2.19. The molecule has 0 amide bonds. The Labute approximate surface area is 85.9 Å². The second-order valence-electron chi connectivity index (χ2n) is 4.02. The van der Waals surface area contributed by atoms with Crippen LogP contribution in [0.15, 0.2) is 40.9 Å². The lowest BCUT2D eigenvalue weighted by Gasteiger charge is -2.18. The van der Waals surface area contributed by atoms with Crippen molar-refractivity contribution in [1.29, 1.82) is 0 Å². The largest absolute Gasteiger partial charge is 0.353 e. The van der Waals surface area contributed by atoms with E-state index < -0.39 is 0 Å². The Morgan fingerprint density at radius 1 is 1.43 bits per heavy atom. The fourth-order valence-electron chi connectivity index (χ4n) is 2.29. The highest BCUT2D eigenvalue weighted by molar-refractivity contribution is 5.41. The van der Waals surface area contributed by atoms with Gasteiger partial charge in [0.05, 0.1) is 5.70 Å². The van der Waals surface area contributed by atoms with E-state index in [0.717, 1.165) is 5.70 Å². The van der Waals surface area contributed by atoms with Gasteiger partial charge in [0, 0.05) is 5.70 Å². The summed E-state index contributed by atoms with van der Waals surface area (Å²) in [7, 11) is 0. The molecule has 0 fully saturated rings. The van der Waals surface area contributed by atoms with Crippen molar-refractivity contribution < 1.29 is 0 Å². The van der Waals surface area contributed by atoms with Crippen LogP contribution in [0, 0.1) is 0 Å². The molecule has 2 aliphatic rings. The van der Waals surface area contributed by atoms with Crippen molar-refractivity contribution in [3.63, 3.8) is 0 Å². The maximum Gasteiger partial charge on any atom is 0.0544 e. The smallest absolute Gasteiger partial charge is 0.0544 e. The van der Waals surface area contributed by atoms with E-state index >= 15 is 0 Å². The van der Waals surface area contributed by atoms with Gasteiger partial charge in [-0.2, -0.15) is 0 Å².